The third kappa shape index (κ3) is 3.93. The van der Waals surface area contributed by atoms with Crippen molar-refractivity contribution in [2.45, 2.75) is 58.9 Å². The lowest BCUT2D eigenvalue weighted by Crippen LogP contribution is -2.44. The fraction of sp³-hybridized carbons (Fsp3) is 0.708. The molecule has 1 saturated carbocycles. The number of nitrogens with one attached hydrogen (secondary N) is 1. The molecule has 3 aliphatic heterocycles. The van der Waals surface area contributed by atoms with Gasteiger partial charge in [0.05, 0.1) is 17.8 Å². The Morgan fingerprint density at radius 2 is 2.03 bits per heavy atom. The number of ether oxygens (including phenoxy) is 1. The SMILES string of the molecule is CC1(C)C[C@@H]2C[C@@](C)(CN2C(=O)c2cnc3c(c2)N(CC2CCOCC2)C(=O)CN3)C1. The predicted molar refractivity (Wildman–Crippen MR) is 119 cm³/mol. The minimum atomic E-state index is 0.0386. The Labute approximate surface area is 184 Å². The second kappa shape index (κ2) is 7.47. The van der Waals surface area contributed by atoms with Crippen LogP contribution in [0.3, 0.4) is 0 Å². The topological polar surface area (TPSA) is 74.8 Å². The van der Waals surface area contributed by atoms with E-state index in [0.29, 0.717) is 23.8 Å². The largest absolute Gasteiger partial charge is 0.381 e. The van der Waals surface area contributed by atoms with Gasteiger partial charge in [0.2, 0.25) is 5.91 Å². The van der Waals surface area contributed by atoms with Crippen molar-refractivity contribution in [2.75, 3.05) is 43.1 Å². The minimum Gasteiger partial charge on any atom is -0.381 e. The first kappa shape index (κ1) is 20.7. The van der Waals surface area contributed by atoms with Crippen molar-refractivity contribution in [1.82, 2.24) is 9.88 Å². The molecule has 7 nitrogen and oxygen atoms in total. The number of aromatic nitrogens is 1. The van der Waals surface area contributed by atoms with Crippen LogP contribution >= 0.6 is 0 Å². The molecule has 4 heterocycles. The van der Waals surface area contributed by atoms with E-state index < -0.39 is 0 Å². The van der Waals surface area contributed by atoms with Crippen LogP contribution in [0.15, 0.2) is 12.3 Å². The van der Waals surface area contributed by atoms with Gasteiger partial charge >= 0.3 is 0 Å². The summed E-state index contributed by atoms with van der Waals surface area (Å²) in [5, 5.41) is 3.12. The molecule has 2 atom stereocenters. The first-order chi connectivity index (χ1) is 14.7. The van der Waals surface area contributed by atoms with Gasteiger partial charge in [0.1, 0.15) is 5.82 Å². The summed E-state index contributed by atoms with van der Waals surface area (Å²) in [5.74, 6) is 1.20. The molecule has 0 aromatic carbocycles. The molecular weight excluding hydrogens is 392 g/mol. The van der Waals surface area contributed by atoms with Gasteiger partial charge in [0.15, 0.2) is 0 Å². The molecule has 0 spiro atoms. The second-order valence-corrected chi connectivity index (χ2v) is 11.2. The van der Waals surface area contributed by atoms with Crippen LogP contribution < -0.4 is 10.2 Å². The molecule has 1 aliphatic carbocycles. The monoisotopic (exact) mass is 426 g/mol. The quantitative estimate of drug-likeness (QED) is 0.803. The smallest absolute Gasteiger partial charge is 0.255 e. The Kier molecular flexibility index (Phi) is 5.00. The highest BCUT2D eigenvalue weighted by molar-refractivity contribution is 6.04. The average Bonchev–Trinajstić information content (AvgIpc) is 2.98. The molecule has 2 amide bonds. The fourth-order valence-corrected chi connectivity index (χ4v) is 6.55. The Morgan fingerprint density at radius 1 is 1.26 bits per heavy atom. The zero-order valence-corrected chi connectivity index (χ0v) is 18.9. The summed E-state index contributed by atoms with van der Waals surface area (Å²) >= 11 is 0. The van der Waals surface area contributed by atoms with Gasteiger partial charge in [-0.25, -0.2) is 4.98 Å². The molecule has 31 heavy (non-hydrogen) atoms. The highest BCUT2D eigenvalue weighted by atomic mass is 16.5. The molecule has 7 heteroatoms. The molecule has 3 fully saturated rings. The Balaban J connectivity index is 1.40. The van der Waals surface area contributed by atoms with E-state index in [-0.39, 0.29) is 35.2 Å². The van der Waals surface area contributed by atoms with Crippen molar-refractivity contribution in [1.29, 1.82) is 0 Å². The van der Waals surface area contributed by atoms with E-state index >= 15 is 0 Å². The number of pyridine rings is 1. The number of anilines is 2. The van der Waals surface area contributed by atoms with Crippen LogP contribution in [0.2, 0.25) is 0 Å². The van der Waals surface area contributed by atoms with Crippen molar-refractivity contribution in [3.8, 4) is 0 Å². The third-order valence-corrected chi connectivity index (χ3v) is 7.57. The van der Waals surface area contributed by atoms with E-state index in [9.17, 15) is 9.59 Å². The second-order valence-electron chi connectivity index (χ2n) is 11.2. The number of carbonyl (C=O) groups is 2. The van der Waals surface area contributed by atoms with E-state index in [2.05, 4.69) is 36.0 Å². The Hall–Kier alpha value is -2.15. The van der Waals surface area contributed by atoms with Crippen LogP contribution in [0.5, 0.6) is 0 Å². The van der Waals surface area contributed by atoms with Crippen LogP contribution in [0.4, 0.5) is 11.5 Å². The molecule has 0 unspecified atom stereocenters. The number of hydrogen-bond donors (Lipinski definition) is 1. The lowest BCUT2D eigenvalue weighted by molar-refractivity contribution is -0.117. The normalized spacial score (nSPS) is 30.2. The molecule has 0 radical (unpaired) electrons. The summed E-state index contributed by atoms with van der Waals surface area (Å²) in [6.07, 6.45) is 6.87. The minimum absolute atomic E-state index is 0.0386. The number of carbonyl (C=O) groups excluding carboxylic acids is 2. The van der Waals surface area contributed by atoms with Crippen molar-refractivity contribution in [3.05, 3.63) is 17.8 Å². The summed E-state index contributed by atoms with van der Waals surface area (Å²) in [6.45, 7) is 10.2. The van der Waals surface area contributed by atoms with Gasteiger partial charge in [-0.2, -0.15) is 0 Å². The van der Waals surface area contributed by atoms with Gasteiger partial charge in [0, 0.05) is 38.5 Å². The van der Waals surface area contributed by atoms with E-state index in [1.807, 2.05) is 11.0 Å². The molecule has 5 rings (SSSR count). The van der Waals surface area contributed by atoms with Gasteiger partial charge in [-0.05, 0) is 54.9 Å². The zero-order valence-electron chi connectivity index (χ0n) is 18.9. The zero-order chi connectivity index (χ0) is 21.8. The van der Waals surface area contributed by atoms with Crippen LogP contribution in [0.25, 0.3) is 0 Å². The maximum absolute atomic E-state index is 13.6. The number of likely N-dealkylation sites (tertiary alicyclic amines) is 1. The lowest BCUT2D eigenvalue weighted by Gasteiger charge is -2.39. The summed E-state index contributed by atoms with van der Waals surface area (Å²) < 4.78 is 5.47. The van der Waals surface area contributed by atoms with Crippen molar-refractivity contribution in [2.24, 2.45) is 16.7 Å². The molecule has 168 valence electrons. The summed E-state index contributed by atoms with van der Waals surface area (Å²) in [7, 11) is 0. The average molecular weight is 427 g/mol. The van der Waals surface area contributed by atoms with Crippen LogP contribution in [-0.4, -0.2) is 60.6 Å². The van der Waals surface area contributed by atoms with Crippen LogP contribution in [0, 0.1) is 16.7 Å². The molecule has 1 N–H and O–H groups in total. The Bertz CT molecular complexity index is 895. The first-order valence-corrected chi connectivity index (χ1v) is 11.7. The number of rotatable bonds is 3. The Morgan fingerprint density at radius 3 is 2.81 bits per heavy atom. The van der Waals surface area contributed by atoms with E-state index in [1.54, 1.807) is 6.20 Å². The maximum atomic E-state index is 13.6. The molecule has 2 saturated heterocycles. The number of hydrogen-bond acceptors (Lipinski definition) is 5. The summed E-state index contributed by atoms with van der Waals surface area (Å²) in [4.78, 5) is 34.7. The molecular formula is C24H34N4O3. The molecule has 2 bridgehead atoms. The number of nitrogens with zero attached hydrogens (tertiary/aromatic N) is 3. The van der Waals surface area contributed by atoms with Gasteiger partial charge < -0.3 is 19.9 Å². The van der Waals surface area contributed by atoms with Crippen molar-refractivity contribution >= 4 is 23.3 Å². The molecule has 1 aromatic rings. The van der Waals surface area contributed by atoms with E-state index in [1.165, 1.54) is 0 Å². The maximum Gasteiger partial charge on any atom is 0.255 e. The summed E-state index contributed by atoms with van der Waals surface area (Å²) in [5.41, 5.74) is 1.78. The summed E-state index contributed by atoms with van der Waals surface area (Å²) in [6, 6.07) is 2.17. The molecule has 1 aromatic heterocycles. The van der Waals surface area contributed by atoms with Gasteiger partial charge in [-0.15, -0.1) is 0 Å². The van der Waals surface area contributed by atoms with E-state index in [4.69, 9.17) is 4.74 Å². The van der Waals surface area contributed by atoms with Crippen LogP contribution in [-0.2, 0) is 9.53 Å². The number of fused-ring (bicyclic) bond motifs is 3. The van der Waals surface area contributed by atoms with E-state index in [0.717, 1.165) is 57.6 Å². The lowest BCUT2D eigenvalue weighted by atomic mass is 9.65. The van der Waals surface area contributed by atoms with Crippen molar-refractivity contribution < 1.29 is 14.3 Å². The van der Waals surface area contributed by atoms with Gasteiger partial charge in [-0.1, -0.05) is 20.8 Å². The van der Waals surface area contributed by atoms with Crippen LogP contribution in [0.1, 0.15) is 63.2 Å². The predicted octanol–water partition coefficient (Wildman–Crippen LogP) is 3.31. The first-order valence-electron chi connectivity index (χ1n) is 11.7. The third-order valence-electron chi connectivity index (χ3n) is 7.57. The van der Waals surface area contributed by atoms with Gasteiger partial charge in [-0.3, -0.25) is 9.59 Å². The number of amides is 2. The van der Waals surface area contributed by atoms with Crippen molar-refractivity contribution in [3.63, 3.8) is 0 Å². The highest BCUT2D eigenvalue weighted by Crippen LogP contribution is 2.52. The van der Waals surface area contributed by atoms with Gasteiger partial charge in [0.25, 0.3) is 5.91 Å². The fourth-order valence-electron chi connectivity index (χ4n) is 6.55. The highest BCUT2D eigenvalue weighted by Gasteiger charge is 2.51. The standard InChI is InChI=1S/C24H34N4O3/c1-23(2)9-18-10-24(3,14-23)15-28(18)22(30)17-8-19-21(25-11-17)26-12-20(29)27(19)13-16-4-6-31-7-5-16/h8,11,16,18H,4-7,9-10,12-15H2,1-3H3,(H,25,26)/t18-,24-/m1/s1. The molecule has 4 aliphatic rings.